The minimum Gasteiger partial charge on any atom is -0.341 e. The number of carbonyl (C=O) groups excluding carboxylic acids is 1. The molecule has 4 rings (SSSR count). The number of rotatable bonds is 4. The first-order valence-electron chi connectivity index (χ1n) is 10.4. The predicted molar refractivity (Wildman–Crippen MR) is 113 cm³/mol. The number of pyridine rings is 1. The summed E-state index contributed by atoms with van der Waals surface area (Å²) in [5.41, 5.74) is 2.09. The number of nitrogens with zero attached hydrogens (tertiary/aromatic N) is 4. The highest BCUT2D eigenvalue weighted by atomic mass is 35.5. The molecule has 150 valence electrons. The molecule has 1 atom stereocenters. The molecule has 1 aromatic heterocycles. The summed E-state index contributed by atoms with van der Waals surface area (Å²) < 4.78 is 0. The average molecular weight is 401 g/mol. The van der Waals surface area contributed by atoms with Gasteiger partial charge in [-0.1, -0.05) is 23.7 Å². The van der Waals surface area contributed by atoms with Crippen molar-refractivity contribution in [2.45, 2.75) is 38.8 Å². The lowest BCUT2D eigenvalue weighted by atomic mass is 10.1. The summed E-state index contributed by atoms with van der Waals surface area (Å²) in [5.74, 6) is 0.300. The fraction of sp³-hybridized carbons (Fsp3) is 0.545. The zero-order valence-corrected chi connectivity index (χ0v) is 17.4. The highest BCUT2D eigenvalue weighted by molar-refractivity contribution is 6.32. The van der Waals surface area contributed by atoms with Crippen molar-refractivity contribution in [3.8, 4) is 0 Å². The number of halogens is 1. The molecule has 0 radical (unpaired) electrons. The lowest BCUT2D eigenvalue weighted by Gasteiger charge is -2.39. The second kappa shape index (κ2) is 8.76. The lowest BCUT2D eigenvalue weighted by Crippen LogP contribution is -2.54. The largest absolute Gasteiger partial charge is 0.341 e. The smallest absolute Gasteiger partial charge is 0.239 e. The standard InChI is InChI=1S/C22H29ClN4O/c1-17(22(28)27-10-3-2-4-11-27)26-14-12-25(13-15-26)16-19-20(23)8-7-18-6-5-9-24-21(18)19/h5-9,17H,2-4,10-16H2,1H3/t17-/m0/s1. The van der Waals surface area contributed by atoms with Crippen molar-refractivity contribution in [1.82, 2.24) is 19.7 Å². The average Bonchev–Trinajstić information content (AvgIpc) is 2.76. The van der Waals surface area contributed by atoms with Gasteiger partial charge in [-0.15, -0.1) is 0 Å². The molecule has 1 amide bonds. The fourth-order valence-corrected chi connectivity index (χ4v) is 4.61. The Bertz CT molecular complexity index is 828. The quantitative estimate of drug-likeness (QED) is 0.788. The number of aromatic nitrogens is 1. The monoisotopic (exact) mass is 400 g/mol. The Morgan fingerprint density at radius 1 is 1.07 bits per heavy atom. The van der Waals surface area contributed by atoms with Crippen molar-refractivity contribution >= 4 is 28.4 Å². The van der Waals surface area contributed by atoms with E-state index in [-0.39, 0.29) is 6.04 Å². The number of carbonyl (C=O) groups is 1. The molecule has 2 aromatic rings. The number of likely N-dealkylation sites (tertiary alicyclic amines) is 1. The number of benzene rings is 1. The first-order valence-corrected chi connectivity index (χ1v) is 10.8. The van der Waals surface area contributed by atoms with Crippen LogP contribution in [0.2, 0.25) is 5.02 Å². The zero-order valence-electron chi connectivity index (χ0n) is 16.6. The molecule has 1 aromatic carbocycles. The second-order valence-corrected chi connectivity index (χ2v) is 8.38. The molecule has 5 nitrogen and oxygen atoms in total. The van der Waals surface area contributed by atoms with Crippen LogP contribution in [0, 0.1) is 0 Å². The van der Waals surface area contributed by atoms with Gasteiger partial charge in [-0.25, -0.2) is 0 Å². The van der Waals surface area contributed by atoms with Crippen LogP contribution in [0.25, 0.3) is 10.9 Å². The molecule has 0 spiro atoms. The minimum atomic E-state index is -0.0249. The molecule has 28 heavy (non-hydrogen) atoms. The minimum absolute atomic E-state index is 0.0249. The molecule has 0 saturated carbocycles. The van der Waals surface area contributed by atoms with E-state index >= 15 is 0 Å². The maximum absolute atomic E-state index is 12.8. The van der Waals surface area contributed by atoms with Crippen LogP contribution in [-0.4, -0.2) is 70.9 Å². The van der Waals surface area contributed by atoms with Gasteiger partial charge < -0.3 is 4.90 Å². The predicted octanol–water partition coefficient (Wildman–Crippen LogP) is 3.41. The van der Waals surface area contributed by atoms with E-state index in [4.69, 9.17) is 11.6 Å². The highest BCUT2D eigenvalue weighted by Gasteiger charge is 2.29. The van der Waals surface area contributed by atoms with Crippen LogP contribution >= 0.6 is 11.6 Å². The van der Waals surface area contributed by atoms with Crippen molar-refractivity contribution in [2.75, 3.05) is 39.3 Å². The van der Waals surface area contributed by atoms with E-state index in [0.29, 0.717) is 5.91 Å². The highest BCUT2D eigenvalue weighted by Crippen LogP contribution is 2.26. The number of hydrogen-bond acceptors (Lipinski definition) is 4. The first kappa shape index (κ1) is 19.6. The molecule has 2 aliphatic heterocycles. The molecular weight excluding hydrogens is 372 g/mol. The summed E-state index contributed by atoms with van der Waals surface area (Å²) in [4.78, 5) is 24.2. The number of amides is 1. The van der Waals surface area contributed by atoms with Crippen LogP contribution in [0.5, 0.6) is 0 Å². The first-order chi connectivity index (χ1) is 13.6. The van der Waals surface area contributed by atoms with E-state index in [1.54, 1.807) is 0 Å². The Morgan fingerprint density at radius 2 is 1.82 bits per heavy atom. The number of piperazine rings is 1. The third kappa shape index (κ3) is 4.17. The van der Waals surface area contributed by atoms with E-state index in [1.165, 1.54) is 6.42 Å². The Hall–Kier alpha value is -1.69. The van der Waals surface area contributed by atoms with Gasteiger partial charge in [0.25, 0.3) is 0 Å². The SMILES string of the molecule is C[C@@H](C(=O)N1CCCCC1)N1CCN(Cc2c(Cl)ccc3cccnc23)CC1. The lowest BCUT2D eigenvalue weighted by molar-refractivity contribution is -0.138. The van der Waals surface area contributed by atoms with Gasteiger partial charge in [0.1, 0.15) is 0 Å². The third-order valence-corrected chi connectivity index (χ3v) is 6.54. The topological polar surface area (TPSA) is 39.7 Å². The summed E-state index contributed by atoms with van der Waals surface area (Å²) in [6, 6.07) is 8.01. The van der Waals surface area contributed by atoms with Gasteiger partial charge >= 0.3 is 0 Å². The van der Waals surface area contributed by atoms with Crippen molar-refractivity contribution in [1.29, 1.82) is 0 Å². The van der Waals surface area contributed by atoms with E-state index in [0.717, 1.165) is 80.1 Å². The summed E-state index contributed by atoms with van der Waals surface area (Å²) in [7, 11) is 0. The Labute approximate surface area is 172 Å². The summed E-state index contributed by atoms with van der Waals surface area (Å²) >= 11 is 6.50. The molecule has 6 heteroatoms. The second-order valence-electron chi connectivity index (χ2n) is 7.98. The van der Waals surface area contributed by atoms with Gasteiger partial charge in [0, 0.05) is 68.0 Å². The van der Waals surface area contributed by atoms with Crippen LogP contribution in [-0.2, 0) is 11.3 Å². The molecule has 0 aliphatic carbocycles. The Morgan fingerprint density at radius 3 is 2.57 bits per heavy atom. The molecule has 0 bridgehead atoms. The van der Waals surface area contributed by atoms with Crippen molar-refractivity contribution in [3.63, 3.8) is 0 Å². The number of hydrogen-bond donors (Lipinski definition) is 0. The fourth-order valence-electron chi connectivity index (χ4n) is 4.40. The molecule has 0 unspecified atom stereocenters. The molecule has 2 aliphatic rings. The summed E-state index contributed by atoms with van der Waals surface area (Å²) in [6.45, 7) is 8.43. The van der Waals surface area contributed by atoms with Crippen LogP contribution < -0.4 is 0 Å². The number of fused-ring (bicyclic) bond motifs is 1. The van der Waals surface area contributed by atoms with E-state index in [1.807, 2.05) is 24.4 Å². The Balaban J connectivity index is 1.37. The summed E-state index contributed by atoms with van der Waals surface area (Å²) in [6.07, 6.45) is 5.37. The third-order valence-electron chi connectivity index (χ3n) is 6.18. The molecule has 2 saturated heterocycles. The number of piperidine rings is 1. The van der Waals surface area contributed by atoms with Gasteiger partial charge in [0.15, 0.2) is 0 Å². The van der Waals surface area contributed by atoms with Gasteiger partial charge in [-0.3, -0.25) is 19.6 Å². The molecule has 0 N–H and O–H groups in total. The van der Waals surface area contributed by atoms with Gasteiger partial charge in [-0.2, -0.15) is 0 Å². The van der Waals surface area contributed by atoms with E-state index in [9.17, 15) is 4.79 Å². The van der Waals surface area contributed by atoms with Crippen LogP contribution in [0.3, 0.4) is 0 Å². The summed E-state index contributed by atoms with van der Waals surface area (Å²) in [5, 5.41) is 1.91. The normalized spacial score (nSPS) is 20.4. The molecular formula is C22H29ClN4O. The van der Waals surface area contributed by atoms with E-state index < -0.39 is 0 Å². The maximum atomic E-state index is 12.8. The van der Waals surface area contributed by atoms with Gasteiger partial charge in [0.05, 0.1) is 11.6 Å². The maximum Gasteiger partial charge on any atom is 0.239 e. The van der Waals surface area contributed by atoms with Crippen LogP contribution in [0.4, 0.5) is 0 Å². The van der Waals surface area contributed by atoms with Crippen LogP contribution in [0.15, 0.2) is 30.5 Å². The van der Waals surface area contributed by atoms with Crippen molar-refractivity contribution < 1.29 is 4.79 Å². The van der Waals surface area contributed by atoms with Crippen molar-refractivity contribution in [3.05, 3.63) is 41.0 Å². The van der Waals surface area contributed by atoms with Gasteiger partial charge in [-0.05, 0) is 38.3 Å². The Kier molecular flexibility index (Phi) is 6.14. The zero-order chi connectivity index (χ0) is 19.5. The van der Waals surface area contributed by atoms with Crippen molar-refractivity contribution in [2.24, 2.45) is 0 Å². The molecule has 3 heterocycles. The molecule has 2 fully saturated rings. The van der Waals surface area contributed by atoms with E-state index in [2.05, 4.69) is 32.7 Å². The van der Waals surface area contributed by atoms with Crippen LogP contribution in [0.1, 0.15) is 31.7 Å². The van der Waals surface area contributed by atoms with Gasteiger partial charge in [0.2, 0.25) is 5.91 Å².